The maximum atomic E-state index is 10.9. The Morgan fingerprint density at radius 3 is 2.20 bits per heavy atom. The molecule has 0 saturated carbocycles. The van der Waals surface area contributed by atoms with Crippen LogP contribution in [0.5, 0.6) is 0 Å². The van der Waals surface area contributed by atoms with E-state index in [4.69, 9.17) is 0 Å². The zero-order valence-corrected chi connectivity index (χ0v) is 6.51. The molecule has 56 valence electrons. The van der Waals surface area contributed by atoms with Gasteiger partial charge >= 0.3 is 0 Å². The Morgan fingerprint density at radius 1 is 1.60 bits per heavy atom. The number of aliphatic hydroxyl groups excluding tert-OH is 1. The number of carbonyl (C=O) groups is 1. The van der Waals surface area contributed by atoms with Crippen LogP contribution in [0.2, 0.25) is 0 Å². The summed E-state index contributed by atoms with van der Waals surface area (Å²) in [5.74, 6) is -0.164. The maximum Gasteiger partial charge on any atom is 0.184 e. The average Bonchev–Trinajstić information content (AvgIpc) is 1.97. The first kappa shape index (κ1) is 7.48. The lowest BCUT2D eigenvalue weighted by Crippen LogP contribution is -2.30. The zero-order chi connectivity index (χ0) is 7.94. The summed E-state index contributed by atoms with van der Waals surface area (Å²) < 4.78 is 0. The van der Waals surface area contributed by atoms with Crippen LogP contribution in [-0.4, -0.2) is 17.0 Å². The van der Waals surface area contributed by atoms with Crippen LogP contribution in [-0.2, 0) is 4.79 Å². The Hall–Kier alpha value is -0.630. The van der Waals surface area contributed by atoms with Crippen molar-refractivity contribution in [2.75, 3.05) is 0 Å². The van der Waals surface area contributed by atoms with Gasteiger partial charge in [0, 0.05) is 5.41 Å². The highest BCUT2D eigenvalue weighted by Crippen LogP contribution is 2.35. The molecule has 0 unspecified atom stereocenters. The molecule has 0 radical (unpaired) electrons. The third kappa shape index (κ3) is 0.797. The van der Waals surface area contributed by atoms with Gasteiger partial charge in [-0.05, 0) is 13.0 Å². The second kappa shape index (κ2) is 1.92. The van der Waals surface area contributed by atoms with Crippen molar-refractivity contribution in [3.63, 3.8) is 0 Å². The fourth-order valence-electron chi connectivity index (χ4n) is 1.05. The summed E-state index contributed by atoms with van der Waals surface area (Å²) in [6, 6.07) is 0. The molecule has 2 nitrogen and oxygen atoms in total. The largest absolute Gasteiger partial charge is 0.384 e. The van der Waals surface area contributed by atoms with Gasteiger partial charge < -0.3 is 5.11 Å². The molecule has 0 heterocycles. The van der Waals surface area contributed by atoms with E-state index in [1.807, 2.05) is 20.8 Å². The molecule has 0 aromatic carbocycles. The normalized spacial score (nSPS) is 30.6. The van der Waals surface area contributed by atoms with Crippen molar-refractivity contribution in [2.45, 2.75) is 26.9 Å². The number of hydrogen-bond donors (Lipinski definition) is 1. The van der Waals surface area contributed by atoms with Gasteiger partial charge in [-0.2, -0.15) is 0 Å². The third-order valence-electron chi connectivity index (χ3n) is 2.33. The Balaban J connectivity index is 3.00. The smallest absolute Gasteiger partial charge is 0.184 e. The van der Waals surface area contributed by atoms with Crippen molar-refractivity contribution in [3.05, 3.63) is 11.6 Å². The molecule has 0 aromatic rings. The van der Waals surface area contributed by atoms with E-state index in [1.54, 1.807) is 0 Å². The summed E-state index contributed by atoms with van der Waals surface area (Å²) >= 11 is 0. The van der Waals surface area contributed by atoms with Gasteiger partial charge in [0.15, 0.2) is 5.78 Å². The van der Waals surface area contributed by atoms with Crippen LogP contribution < -0.4 is 0 Å². The highest BCUT2D eigenvalue weighted by atomic mass is 16.3. The number of hydrogen-bond acceptors (Lipinski definition) is 2. The molecule has 0 aromatic heterocycles. The molecule has 10 heavy (non-hydrogen) atoms. The second-order valence-electron chi connectivity index (χ2n) is 3.35. The van der Waals surface area contributed by atoms with Gasteiger partial charge in [0.25, 0.3) is 0 Å². The topological polar surface area (TPSA) is 37.3 Å². The number of carbonyl (C=O) groups excluding carboxylic acids is 1. The third-order valence-corrected chi connectivity index (χ3v) is 2.33. The van der Waals surface area contributed by atoms with Gasteiger partial charge in [0.05, 0.1) is 0 Å². The first-order valence-corrected chi connectivity index (χ1v) is 3.37. The molecule has 0 aliphatic heterocycles. The van der Waals surface area contributed by atoms with Gasteiger partial charge in [0.2, 0.25) is 0 Å². The predicted octanol–water partition coefficient (Wildman–Crippen LogP) is 0.903. The lowest BCUT2D eigenvalue weighted by atomic mass is 9.84. The van der Waals surface area contributed by atoms with Crippen LogP contribution in [0.4, 0.5) is 0 Å². The Morgan fingerprint density at radius 2 is 2.10 bits per heavy atom. The Kier molecular flexibility index (Phi) is 1.44. The van der Waals surface area contributed by atoms with E-state index in [9.17, 15) is 9.90 Å². The fourth-order valence-corrected chi connectivity index (χ4v) is 1.05. The van der Waals surface area contributed by atoms with Gasteiger partial charge in [0.1, 0.15) is 6.10 Å². The quantitative estimate of drug-likeness (QED) is 0.543. The molecule has 1 aliphatic carbocycles. The second-order valence-corrected chi connectivity index (χ2v) is 3.35. The monoisotopic (exact) mass is 140 g/mol. The van der Waals surface area contributed by atoms with Gasteiger partial charge in [-0.1, -0.05) is 19.4 Å². The first-order valence-electron chi connectivity index (χ1n) is 3.37. The minimum Gasteiger partial charge on any atom is -0.384 e. The minimum absolute atomic E-state index is 0.164. The van der Waals surface area contributed by atoms with E-state index in [0.717, 1.165) is 5.57 Å². The zero-order valence-electron chi connectivity index (χ0n) is 6.51. The highest BCUT2D eigenvalue weighted by Gasteiger charge is 2.39. The standard InChI is InChI=1S/C8H12O2/c1-5-4-6(9)7(10)8(5,2)3/h4,7,10H,1-3H3/t7-/m1/s1. The van der Waals surface area contributed by atoms with Crippen molar-refractivity contribution in [2.24, 2.45) is 5.41 Å². The molecule has 0 fully saturated rings. The van der Waals surface area contributed by atoms with E-state index in [0.29, 0.717) is 0 Å². The first-order chi connectivity index (χ1) is 4.46. The number of ketones is 1. The lowest BCUT2D eigenvalue weighted by molar-refractivity contribution is -0.124. The van der Waals surface area contributed by atoms with Crippen LogP contribution in [0.1, 0.15) is 20.8 Å². The van der Waals surface area contributed by atoms with E-state index >= 15 is 0 Å². The summed E-state index contributed by atoms with van der Waals surface area (Å²) in [5, 5.41) is 9.29. The molecule has 0 spiro atoms. The summed E-state index contributed by atoms with van der Waals surface area (Å²) in [5.41, 5.74) is 0.613. The number of rotatable bonds is 0. The molecule has 1 N–H and O–H groups in total. The molecule has 0 saturated heterocycles. The molecular formula is C8H12O2. The molecule has 1 rings (SSSR count). The van der Waals surface area contributed by atoms with Crippen LogP contribution in [0.25, 0.3) is 0 Å². The lowest BCUT2D eigenvalue weighted by Gasteiger charge is -2.23. The van der Waals surface area contributed by atoms with Crippen molar-refractivity contribution in [3.8, 4) is 0 Å². The van der Waals surface area contributed by atoms with Gasteiger partial charge in [-0.15, -0.1) is 0 Å². The molecular weight excluding hydrogens is 128 g/mol. The number of aliphatic hydroxyl groups is 1. The predicted molar refractivity (Wildman–Crippen MR) is 38.6 cm³/mol. The molecule has 1 aliphatic rings. The van der Waals surface area contributed by atoms with Crippen molar-refractivity contribution >= 4 is 5.78 Å². The fraction of sp³-hybridized carbons (Fsp3) is 0.625. The van der Waals surface area contributed by atoms with E-state index in [-0.39, 0.29) is 11.2 Å². The van der Waals surface area contributed by atoms with Crippen LogP contribution in [0.15, 0.2) is 11.6 Å². The summed E-state index contributed by atoms with van der Waals surface area (Å²) in [4.78, 5) is 10.9. The maximum absolute atomic E-state index is 10.9. The van der Waals surface area contributed by atoms with Crippen molar-refractivity contribution in [1.82, 2.24) is 0 Å². The van der Waals surface area contributed by atoms with Crippen LogP contribution in [0, 0.1) is 5.41 Å². The minimum atomic E-state index is -0.826. The summed E-state index contributed by atoms with van der Waals surface area (Å²) in [7, 11) is 0. The summed E-state index contributed by atoms with van der Waals surface area (Å²) in [6.07, 6.45) is 0.692. The molecule has 1 atom stereocenters. The van der Waals surface area contributed by atoms with E-state index in [1.165, 1.54) is 6.08 Å². The van der Waals surface area contributed by atoms with E-state index in [2.05, 4.69) is 0 Å². The Bertz CT molecular complexity index is 201. The van der Waals surface area contributed by atoms with Gasteiger partial charge in [-0.3, -0.25) is 4.79 Å². The summed E-state index contributed by atoms with van der Waals surface area (Å²) in [6.45, 7) is 5.61. The van der Waals surface area contributed by atoms with Crippen LogP contribution in [0.3, 0.4) is 0 Å². The molecule has 0 bridgehead atoms. The molecule has 2 heteroatoms. The highest BCUT2D eigenvalue weighted by molar-refractivity contribution is 5.98. The van der Waals surface area contributed by atoms with Crippen molar-refractivity contribution < 1.29 is 9.90 Å². The van der Waals surface area contributed by atoms with E-state index < -0.39 is 6.10 Å². The Labute approximate surface area is 60.6 Å². The molecule has 0 amide bonds. The van der Waals surface area contributed by atoms with Crippen molar-refractivity contribution in [1.29, 1.82) is 0 Å². The van der Waals surface area contributed by atoms with Gasteiger partial charge in [-0.25, -0.2) is 0 Å². The SMILES string of the molecule is CC1=CC(=O)[C@@H](O)C1(C)C. The average molecular weight is 140 g/mol. The van der Waals surface area contributed by atoms with Crippen LogP contribution >= 0.6 is 0 Å².